The van der Waals surface area contributed by atoms with Crippen LogP contribution in [0.15, 0.2) is 98.5 Å². The van der Waals surface area contributed by atoms with Crippen molar-refractivity contribution in [1.82, 2.24) is 0 Å². The molecule has 0 saturated heterocycles. The molecule has 1 N–H and O–H groups in total. The number of azo groups is 1. The Kier molecular flexibility index (Phi) is 5.47. The number of methoxy groups -OCH3 is 2. The maximum atomic E-state index is 5.35. The lowest BCUT2D eigenvalue weighted by molar-refractivity contribution is 0.394. The molecule has 0 aromatic heterocycles. The Labute approximate surface area is 174 Å². The van der Waals surface area contributed by atoms with E-state index < -0.39 is 5.66 Å². The van der Waals surface area contributed by atoms with Crippen molar-refractivity contribution in [2.24, 2.45) is 25.7 Å². The lowest BCUT2D eigenvalue weighted by Gasteiger charge is -2.25. The van der Waals surface area contributed by atoms with Gasteiger partial charge in [-0.15, -0.1) is 10.2 Å². The van der Waals surface area contributed by atoms with Gasteiger partial charge in [-0.05, 0) is 29.5 Å². The number of benzene rings is 3. The smallest absolute Gasteiger partial charge is 0.216 e. The lowest BCUT2D eigenvalue weighted by Crippen LogP contribution is -2.33. The van der Waals surface area contributed by atoms with Crippen LogP contribution in [0.3, 0.4) is 0 Å². The Hall–Kier alpha value is -4.07. The van der Waals surface area contributed by atoms with Crippen molar-refractivity contribution >= 4 is 23.3 Å². The molecule has 150 valence electrons. The number of nitrogens with one attached hydrogen (secondary N) is 1. The largest absolute Gasteiger partial charge is 0.497 e. The van der Waals surface area contributed by atoms with Gasteiger partial charge in [0.2, 0.25) is 5.66 Å². The van der Waals surface area contributed by atoms with E-state index >= 15 is 0 Å². The predicted molar refractivity (Wildman–Crippen MR) is 115 cm³/mol. The molecule has 30 heavy (non-hydrogen) atoms. The minimum atomic E-state index is -0.938. The fraction of sp³-hybridized carbons (Fsp3) is 0.136. The molecule has 1 atom stereocenters. The zero-order valence-corrected chi connectivity index (χ0v) is 16.6. The molecule has 0 saturated carbocycles. The quantitative estimate of drug-likeness (QED) is 0.505. The van der Waals surface area contributed by atoms with Gasteiger partial charge in [-0.2, -0.15) is 10.2 Å². The molecule has 3 aromatic rings. The molecular weight excluding hydrogens is 380 g/mol. The molecule has 0 amide bonds. The van der Waals surface area contributed by atoms with Gasteiger partial charge in [0, 0.05) is 29.4 Å². The number of hydrogen-bond acceptors (Lipinski definition) is 8. The monoisotopic (exact) mass is 400 g/mol. The topological polar surface area (TPSA) is 92.3 Å². The molecule has 0 fully saturated rings. The molecule has 3 aromatic carbocycles. The highest BCUT2D eigenvalue weighted by Crippen LogP contribution is 2.34. The van der Waals surface area contributed by atoms with Crippen LogP contribution in [-0.2, 0) is 5.66 Å². The van der Waals surface area contributed by atoms with Crippen LogP contribution in [0.4, 0.5) is 17.1 Å². The molecule has 0 aliphatic carbocycles. The summed E-state index contributed by atoms with van der Waals surface area (Å²) in [5, 5.41) is 24.0. The van der Waals surface area contributed by atoms with Crippen LogP contribution in [0.25, 0.3) is 0 Å². The Morgan fingerprint density at radius 3 is 2.00 bits per heavy atom. The van der Waals surface area contributed by atoms with Crippen LogP contribution in [-0.4, -0.2) is 20.4 Å². The summed E-state index contributed by atoms with van der Waals surface area (Å²) in [4.78, 5) is 0. The number of anilines is 1. The second-order valence-corrected chi connectivity index (χ2v) is 6.51. The highest BCUT2D eigenvalue weighted by molar-refractivity contribution is 5.79. The minimum absolute atomic E-state index is 0.663. The third-order valence-electron chi connectivity index (χ3n) is 4.53. The summed E-state index contributed by atoms with van der Waals surface area (Å²) < 4.78 is 10.7. The number of rotatable bonds is 7. The van der Waals surface area contributed by atoms with Gasteiger partial charge in [-0.25, -0.2) is 0 Å². The summed E-state index contributed by atoms with van der Waals surface area (Å²) >= 11 is 0. The Bertz CT molecular complexity index is 1060. The van der Waals surface area contributed by atoms with Gasteiger partial charge in [0.1, 0.15) is 11.5 Å². The van der Waals surface area contributed by atoms with E-state index in [0.29, 0.717) is 11.5 Å². The molecule has 1 aliphatic heterocycles. The molecule has 0 bridgehead atoms. The Morgan fingerprint density at radius 1 is 0.800 bits per heavy atom. The van der Waals surface area contributed by atoms with Gasteiger partial charge in [-0.3, -0.25) is 0 Å². The van der Waals surface area contributed by atoms with Gasteiger partial charge in [0.15, 0.2) is 0 Å². The third-order valence-corrected chi connectivity index (χ3v) is 4.53. The van der Waals surface area contributed by atoms with Crippen molar-refractivity contribution in [3.8, 4) is 11.5 Å². The summed E-state index contributed by atoms with van der Waals surface area (Å²) in [6, 6.07) is 22.7. The van der Waals surface area contributed by atoms with E-state index in [1.807, 2.05) is 66.7 Å². The molecule has 1 heterocycles. The van der Waals surface area contributed by atoms with Crippen LogP contribution < -0.4 is 14.8 Å². The second kappa shape index (κ2) is 8.52. The predicted octanol–water partition coefficient (Wildman–Crippen LogP) is 5.84. The van der Waals surface area contributed by atoms with Crippen molar-refractivity contribution in [1.29, 1.82) is 0 Å². The third kappa shape index (κ3) is 4.17. The summed E-state index contributed by atoms with van der Waals surface area (Å²) in [5.41, 5.74) is 2.20. The zero-order valence-electron chi connectivity index (χ0n) is 16.6. The van der Waals surface area contributed by atoms with Gasteiger partial charge in [-0.1, -0.05) is 30.3 Å². The van der Waals surface area contributed by atoms with Crippen LogP contribution >= 0.6 is 0 Å². The first-order valence-corrected chi connectivity index (χ1v) is 9.26. The van der Waals surface area contributed by atoms with Gasteiger partial charge in [0.05, 0.1) is 31.8 Å². The van der Waals surface area contributed by atoms with Gasteiger partial charge in [0.25, 0.3) is 0 Å². The second-order valence-electron chi connectivity index (χ2n) is 6.51. The van der Waals surface area contributed by atoms with Crippen molar-refractivity contribution in [3.63, 3.8) is 0 Å². The zero-order chi connectivity index (χ0) is 20.8. The van der Waals surface area contributed by atoms with Crippen LogP contribution in [0.1, 0.15) is 5.56 Å². The van der Waals surface area contributed by atoms with Crippen molar-refractivity contribution < 1.29 is 9.47 Å². The fourth-order valence-electron chi connectivity index (χ4n) is 2.99. The number of ether oxygens (including phenoxy) is 2. The highest BCUT2D eigenvalue weighted by Gasteiger charge is 2.33. The van der Waals surface area contributed by atoms with Crippen LogP contribution in [0.2, 0.25) is 0 Å². The van der Waals surface area contributed by atoms with E-state index in [1.165, 1.54) is 0 Å². The first-order valence-electron chi connectivity index (χ1n) is 9.26. The first-order chi connectivity index (χ1) is 14.7. The molecule has 0 spiro atoms. The van der Waals surface area contributed by atoms with Gasteiger partial charge < -0.3 is 14.8 Å². The SMILES string of the molecule is COc1cc(NC2(c3ccc(/N=N/c4ccccc4)cc3)C=NN=N2)cc(OC)c1. The van der Waals surface area contributed by atoms with E-state index in [9.17, 15) is 0 Å². The summed E-state index contributed by atoms with van der Waals surface area (Å²) in [5.74, 6) is 1.33. The summed E-state index contributed by atoms with van der Waals surface area (Å²) in [6.07, 6.45) is 1.65. The average molecular weight is 400 g/mol. The maximum absolute atomic E-state index is 5.35. The number of hydrogen-bond donors (Lipinski definition) is 1. The van der Waals surface area contributed by atoms with E-state index in [1.54, 1.807) is 26.5 Å². The Balaban J connectivity index is 1.59. The van der Waals surface area contributed by atoms with Gasteiger partial charge >= 0.3 is 0 Å². The molecule has 1 unspecified atom stereocenters. The normalized spacial score (nSPS) is 17.4. The Morgan fingerprint density at radius 2 is 1.43 bits per heavy atom. The van der Waals surface area contributed by atoms with Crippen LogP contribution in [0, 0.1) is 0 Å². The van der Waals surface area contributed by atoms with E-state index in [0.717, 1.165) is 22.6 Å². The standard InChI is InChI=1S/C22H20N6O2/c1-29-20-12-19(13-21(14-20)30-2)24-22(15-23-28-27-22)16-8-10-18(11-9-16)26-25-17-6-4-3-5-7-17/h3-15,24H,1-2H3/b26-25+. The van der Waals surface area contributed by atoms with Crippen molar-refractivity contribution in [2.75, 3.05) is 19.5 Å². The molecule has 1 aliphatic rings. The maximum Gasteiger partial charge on any atom is 0.216 e. The number of nitrogens with zero attached hydrogens (tertiary/aromatic N) is 5. The summed E-state index contributed by atoms with van der Waals surface area (Å²) in [6.45, 7) is 0. The molecular formula is C22H20N6O2. The first kappa shape index (κ1) is 19.3. The summed E-state index contributed by atoms with van der Waals surface area (Å²) in [7, 11) is 3.21. The molecule has 0 radical (unpaired) electrons. The van der Waals surface area contributed by atoms with Crippen molar-refractivity contribution in [2.45, 2.75) is 5.66 Å². The van der Waals surface area contributed by atoms with E-state index in [-0.39, 0.29) is 0 Å². The lowest BCUT2D eigenvalue weighted by atomic mass is 10.0. The fourth-order valence-corrected chi connectivity index (χ4v) is 2.99. The minimum Gasteiger partial charge on any atom is -0.497 e. The van der Waals surface area contributed by atoms with Crippen LogP contribution in [0.5, 0.6) is 11.5 Å². The molecule has 8 nitrogen and oxygen atoms in total. The average Bonchev–Trinajstić information content (AvgIpc) is 3.28. The van der Waals surface area contributed by atoms with E-state index in [4.69, 9.17) is 9.47 Å². The molecule has 8 heteroatoms. The van der Waals surface area contributed by atoms with E-state index in [2.05, 4.69) is 31.0 Å². The highest BCUT2D eigenvalue weighted by atomic mass is 16.5. The molecule has 4 rings (SSSR count). The van der Waals surface area contributed by atoms with Crippen molar-refractivity contribution in [3.05, 3.63) is 78.4 Å².